The van der Waals surface area contributed by atoms with E-state index >= 15 is 0 Å². The summed E-state index contributed by atoms with van der Waals surface area (Å²) in [6, 6.07) is 0. The monoisotopic (exact) mass is 206 g/mol. The van der Waals surface area contributed by atoms with Crippen LogP contribution in [0.25, 0.3) is 0 Å². The van der Waals surface area contributed by atoms with E-state index in [4.69, 9.17) is 14.2 Å². The SMILES string of the molecule is CCCCOC([SiH3])(OCC)OCC. The molecule has 13 heavy (non-hydrogen) atoms. The summed E-state index contributed by atoms with van der Waals surface area (Å²) in [6.07, 6.45) is 2.19. The lowest BCUT2D eigenvalue weighted by Crippen LogP contribution is -2.40. The van der Waals surface area contributed by atoms with Crippen LogP contribution in [0, 0.1) is 0 Å². The van der Waals surface area contributed by atoms with Gasteiger partial charge in [0.25, 0.3) is 0 Å². The first kappa shape index (κ1) is 13.1. The van der Waals surface area contributed by atoms with Crippen molar-refractivity contribution in [2.45, 2.75) is 39.2 Å². The Morgan fingerprint density at radius 1 is 1.00 bits per heavy atom. The molecule has 0 fully saturated rings. The van der Waals surface area contributed by atoms with Crippen molar-refractivity contribution in [3.05, 3.63) is 0 Å². The zero-order chi connectivity index (χ0) is 10.2. The van der Waals surface area contributed by atoms with Gasteiger partial charge in [0.2, 0.25) is 5.60 Å². The largest absolute Gasteiger partial charge is 0.333 e. The van der Waals surface area contributed by atoms with Gasteiger partial charge >= 0.3 is 0 Å². The molecule has 0 aliphatic rings. The highest BCUT2D eigenvalue weighted by Gasteiger charge is 2.24. The first-order valence-electron chi connectivity index (χ1n) is 5.10. The molecule has 0 saturated heterocycles. The van der Waals surface area contributed by atoms with Gasteiger partial charge in [-0.05, 0) is 20.3 Å². The van der Waals surface area contributed by atoms with Crippen LogP contribution in [0.1, 0.15) is 33.6 Å². The van der Waals surface area contributed by atoms with Gasteiger partial charge in [-0.3, -0.25) is 0 Å². The van der Waals surface area contributed by atoms with Crippen molar-refractivity contribution in [2.75, 3.05) is 19.8 Å². The molecule has 0 aromatic heterocycles. The van der Waals surface area contributed by atoms with Crippen molar-refractivity contribution in [1.82, 2.24) is 0 Å². The number of hydrogen-bond donors (Lipinski definition) is 0. The summed E-state index contributed by atoms with van der Waals surface area (Å²) in [5.41, 5.74) is -0.710. The Morgan fingerprint density at radius 2 is 1.54 bits per heavy atom. The van der Waals surface area contributed by atoms with Crippen LogP contribution in [0.2, 0.25) is 0 Å². The highest BCUT2D eigenvalue weighted by atomic mass is 28.1. The number of rotatable bonds is 8. The summed E-state index contributed by atoms with van der Waals surface area (Å²) in [4.78, 5) is 0. The Morgan fingerprint density at radius 3 is 1.92 bits per heavy atom. The maximum Gasteiger partial charge on any atom is 0.245 e. The van der Waals surface area contributed by atoms with Crippen LogP contribution in [0.4, 0.5) is 0 Å². The van der Waals surface area contributed by atoms with E-state index in [9.17, 15) is 0 Å². The molecule has 0 N–H and O–H groups in total. The summed E-state index contributed by atoms with van der Waals surface area (Å²) < 4.78 is 16.4. The van der Waals surface area contributed by atoms with Gasteiger partial charge < -0.3 is 14.2 Å². The molecular formula is C9H22O3Si. The second-order valence-corrected chi connectivity index (χ2v) is 4.16. The fourth-order valence-corrected chi connectivity index (χ4v) is 1.83. The molecule has 0 radical (unpaired) electrons. The molecule has 0 rings (SSSR count). The molecule has 0 amide bonds. The molecular weight excluding hydrogens is 184 g/mol. The Hall–Kier alpha value is 0.0969. The lowest BCUT2D eigenvalue weighted by Gasteiger charge is -2.29. The summed E-state index contributed by atoms with van der Waals surface area (Å²) in [5, 5.41) is 0. The molecule has 0 unspecified atom stereocenters. The van der Waals surface area contributed by atoms with Crippen molar-refractivity contribution in [2.24, 2.45) is 0 Å². The Kier molecular flexibility index (Phi) is 7.55. The Labute approximate surface area is 84.2 Å². The van der Waals surface area contributed by atoms with E-state index in [0.29, 0.717) is 13.2 Å². The van der Waals surface area contributed by atoms with E-state index in [2.05, 4.69) is 6.92 Å². The minimum absolute atomic E-state index is 0.635. The zero-order valence-corrected chi connectivity index (χ0v) is 11.3. The Balaban J connectivity index is 3.76. The zero-order valence-electron chi connectivity index (χ0n) is 9.26. The summed E-state index contributed by atoms with van der Waals surface area (Å²) in [6.45, 7) is 8.04. The second-order valence-electron chi connectivity index (χ2n) is 2.93. The molecule has 0 bridgehead atoms. The molecule has 0 saturated carbocycles. The Bertz CT molecular complexity index is 113. The van der Waals surface area contributed by atoms with E-state index < -0.39 is 5.60 Å². The lowest BCUT2D eigenvalue weighted by molar-refractivity contribution is -0.322. The van der Waals surface area contributed by atoms with Crippen LogP contribution in [0.15, 0.2) is 0 Å². The molecule has 0 heterocycles. The highest BCUT2D eigenvalue weighted by Crippen LogP contribution is 2.11. The van der Waals surface area contributed by atoms with Crippen molar-refractivity contribution < 1.29 is 14.2 Å². The molecule has 0 spiro atoms. The van der Waals surface area contributed by atoms with E-state index in [-0.39, 0.29) is 0 Å². The summed E-state index contributed by atoms with van der Waals surface area (Å²) in [5.74, 6) is 0. The van der Waals surface area contributed by atoms with Gasteiger partial charge in [-0.25, -0.2) is 0 Å². The van der Waals surface area contributed by atoms with Gasteiger partial charge in [-0.15, -0.1) is 0 Å². The fraction of sp³-hybridized carbons (Fsp3) is 1.00. The molecule has 0 aromatic rings. The van der Waals surface area contributed by atoms with Crippen LogP contribution >= 0.6 is 0 Å². The molecule has 4 heteroatoms. The minimum atomic E-state index is -0.710. The van der Waals surface area contributed by atoms with Gasteiger partial charge in [0.1, 0.15) is 10.2 Å². The highest BCUT2D eigenvalue weighted by molar-refractivity contribution is 6.12. The third-order valence-electron chi connectivity index (χ3n) is 1.68. The molecule has 0 aromatic carbocycles. The standard InChI is InChI=1S/C9H22O3Si/c1-4-7-8-12-9(13,10-5-2)11-6-3/h4-8H2,1-3,13H3. The van der Waals surface area contributed by atoms with Crippen molar-refractivity contribution in [3.63, 3.8) is 0 Å². The average Bonchev–Trinajstić information content (AvgIpc) is 2.05. The smallest absolute Gasteiger partial charge is 0.245 e. The molecule has 0 aliphatic carbocycles. The van der Waals surface area contributed by atoms with Crippen LogP contribution in [-0.2, 0) is 14.2 Å². The van der Waals surface area contributed by atoms with Crippen molar-refractivity contribution in [3.8, 4) is 0 Å². The fourth-order valence-electron chi connectivity index (χ4n) is 1.05. The predicted octanol–water partition coefficient (Wildman–Crippen LogP) is 0.853. The van der Waals surface area contributed by atoms with Crippen molar-refractivity contribution in [1.29, 1.82) is 0 Å². The number of hydrogen-bond acceptors (Lipinski definition) is 3. The first-order chi connectivity index (χ1) is 6.18. The summed E-state index contributed by atoms with van der Waals surface area (Å²) >= 11 is 0. The third kappa shape index (κ3) is 6.21. The number of ether oxygens (including phenoxy) is 3. The van der Waals surface area contributed by atoms with Gasteiger partial charge in [0.05, 0.1) is 6.61 Å². The second kappa shape index (κ2) is 7.50. The van der Waals surface area contributed by atoms with E-state index in [1.807, 2.05) is 13.8 Å². The molecule has 0 aliphatic heterocycles. The average molecular weight is 206 g/mol. The first-order valence-corrected chi connectivity index (χ1v) is 6.10. The summed E-state index contributed by atoms with van der Waals surface area (Å²) in [7, 11) is 0.738. The molecule has 0 atom stereocenters. The van der Waals surface area contributed by atoms with Gasteiger partial charge in [-0.2, -0.15) is 0 Å². The number of unbranched alkanes of at least 4 members (excludes halogenated alkanes) is 1. The van der Waals surface area contributed by atoms with Crippen LogP contribution < -0.4 is 0 Å². The van der Waals surface area contributed by atoms with E-state index in [0.717, 1.165) is 29.7 Å². The molecule has 80 valence electrons. The maximum absolute atomic E-state index is 5.57. The van der Waals surface area contributed by atoms with Gasteiger partial charge in [0.15, 0.2) is 0 Å². The minimum Gasteiger partial charge on any atom is -0.333 e. The molecule has 3 nitrogen and oxygen atoms in total. The van der Waals surface area contributed by atoms with E-state index in [1.54, 1.807) is 0 Å². The van der Waals surface area contributed by atoms with Crippen LogP contribution in [0.3, 0.4) is 0 Å². The van der Waals surface area contributed by atoms with Gasteiger partial charge in [-0.1, -0.05) is 13.3 Å². The van der Waals surface area contributed by atoms with E-state index in [1.165, 1.54) is 0 Å². The topological polar surface area (TPSA) is 27.7 Å². The van der Waals surface area contributed by atoms with Crippen LogP contribution in [-0.4, -0.2) is 35.7 Å². The van der Waals surface area contributed by atoms with Gasteiger partial charge in [0, 0.05) is 13.2 Å². The predicted molar refractivity (Wildman–Crippen MR) is 56.8 cm³/mol. The van der Waals surface area contributed by atoms with Crippen molar-refractivity contribution >= 4 is 10.2 Å². The maximum atomic E-state index is 5.57. The van der Waals surface area contributed by atoms with Crippen LogP contribution in [0.5, 0.6) is 0 Å². The quantitative estimate of drug-likeness (QED) is 0.335. The third-order valence-corrected chi connectivity index (χ3v) is 2.54. The normalized spacial score (nSPS) is 12.2. The lowest BCUT2D eigenvalue weighted by atomic mass is 10.4.